The summed E-state index contributed by atoms with van der Waals surface area (Å²) in [5.41, 5.74) is 4.37. The first-order valence-electron chi connectivity index (χ1n) is 19.7. The Bertz CT molecular complexity index is 2630. The number of piperazine rings is 2. The highest BCUT2D eigenvalue weighted by molar-refractivity contribution is 5.93. The zero-order valence-corrected chi connectivity index (χ0v) is 33.1. The number of hydrogen-bond acceptors (Lipinski definition) is 12. The number of nitrogens with one attached hydrogen (secondary N) is 1. The molecule has 60 heavy (non-hydrogen) atoms. The molecule has 4 aromatic carbocycles. The third-order valence-electron chi connectivity index (χ3n) is 10.5. The van der Waals surface area contributed by atoms with Crippen molar-refractivity contribution in [3.8, 4) is 34.3 Å². The molecular weight excluding hydrogens is 769 g/mol. The first-order valence-corrected chi connectivity index (χ1v) is 19.7. The molecule has 2 aliphatic rings. The number of halogens is 2. The fourth-order valence-corrected chi connectivity index (χ4v) is 7.31. The highest BCUT2D eigenvalue weighted by Crippen LogP contribution is 2.35. The lowest BCUT2D eigenvalue weighted by Gasteiger charge is -2.35. The molecule has 0 spiro atoms. The van der Waals surface area contributed by atoms with Crippen molar-refractivity contribution in [3.63, 3.8) is 0 Å². The Labute approximate surface area is 345 Å². The number of phenolic OH excluding ortho intramolecular Hbond substituents is 2. The van der Waals surface area contributed by atoms with Crippen molar-refractivity contribution >= 4 is 39.5 Å². The summed E-state index contributed by atoms with van der Waals surface area (Å²) in [6.45, 7) is 9.47. The van der Waals surface area contributed by atoms with Crippen LogP contribution in [-0.2, 0) is 11.3 Å². The molecule has 0 unspecified atom stereocenters. The molecule has 0 saturated carbocycles. The van der Waals surface area contributed by atoms with E-state index in [1.807, 2.05) is 55.1 Å². The van der Waals surface area contributed by atoms with Crippen LogP contribution in [0, 0.1) is 25.5 Å². The van der Waals surface area contributed by atoms with E-state index in [1.165, 1.54) is 36.4 Å². The molecule has 15 heteroatoms. The highest BCUT2D eigenvalue weighted by Gasteiger charge is 2.26. The lowest BCUT2D eigenvalue weighted by atomic mass is 10.1. The molecule has 0 aliphatic carbocycles. The zero-order chi connectivity index (χ0) is 41.8. The summed E-state index contributed by atoms with van der Waals surface area (Å²) in [7, 11) is 0. The van der Waals surface area contributed by atoms with Crippen LogP contribution < -0.4 is 15.1 Å². The molecule has 0 bridgehead atoms. The molecule has 13 nitrogen and oxygen atoms in total. The van der Waals surface area contributed by atoms with Gasteiger partial charge in [0.25, 0.3) is 0 Å². The Kier molecular flexibility index (Phi) is 11.6. The SMILES string of the molecule is Cc1ccc2c(N3CCN(C(=O)OCc4ccncc4)CC3)nc(-c3c(O)cccc3F)nc2c1.Cc1ccc2c(N3CCNCC3)nc(-c3c(O)cccc3F)nc2c1. The number of aromatic nitrogens is 5. The maximum atomic E-state index is 14.6. The second-order valence-electron chi connectivity index (χ2n) is 14.7. The van der Waals surface area contributed by atoms with Crippen LogP contribution in [0.2, 0.25) is 0 Å². The van der Waals surface area contributed by atoms with Crippen LogP contribution in [-0.4, -0.2) is 98.5 Å². The van der Waals surface area contributed by atoms with Crippen LogP contribution in [0.4, 0.5) is 25.2 Å². The first kappa shape index (κ1) is 39.8. The fourth-order valence-electron chi connectivity index (χ4n) is 7.31. The van der Waals surface area contributed by atoms with Gasteiger partial charge in [0, 0.05) is 75.5 Å². The number of pyridine rings is 1. The van der Waals surface area contributed by atoms with Gasteiger partial charge in [-0.15, -0.1) is 0 Å². The summed E-state index contributed by atoms with van der Waals surface area (Å²) in [5, 5.41) is 25.5. The minimum absolute atomic E-state index is 0.0320. The molecule has 2 aliphatic heterocycles. The molecule has 0 atom stereocenters. The quantitative estimate of drug-likeness (QED) is 0.156. The lowest BCUT2D eigenvalue weighted by molar-refractivity contribution is 0.0941. The Balaban J connectivity index is 0.000000176. The molecule has 3 N–H and O–H groups in total. The van der Waals surface area contributed by atoms with Crippen molar-refractivity contribution in [2.24, 2.45) is 0 Å². The standard InChI is InChI=1S/C26H24FN5O3.C19H19FN4O/c1-17-5-6-19-21(15-17)29-24(23-20(27)3-2-4-22(23)33)30-25(19)31-11-13-32(14-12-31)26(34)35-16-18-7-9-28-10-8-18;1-12-5-6-13-15(11-12)22-18(17-14(20)3-2-4-16(17)25)23-19(13)24-9-7-21-8-10-24/h2-10,15,33H,11-14,16H2,1H3;2-6,11,21,25H,7-10H2,1H3. The number of amides is 1. The maximum Gasteiger partial charge on any atom is 0.410 e. The van der Waals surface area contributed by atoms with E-state index >= 15 is 0 Å². The number of aromatic hydroxyl groups is 2. The van der Waals surface area contributed by atoms with Gasteiger partial charge >= 0.3 is 6.09 Å². The molecule has 2 fully saturated rings. The van der Waals surface area contributed by atoms with Crippen LogP contribution in [0.5, 0.6) is 11.5 Å². The first-order chi connectivity index (χ1) is 29.1. The van der Waals surface area contributed by atoms with Gasteiger partial charge in [-0.3, -0.25) is 4.98 Å². The second-order valence-corrected chi connectivity index (χ2v) is 14.7. The summed E-state index contributed by atoms with van der Waals surface area (Å²) in [4.78, 5) is 40.8. The molecule has 7 aromatic rings. The van der Waals surface area contributed by atoms with Crippen LogP contribution in [0.3, 0.4) is 0 Å². The Morgan fingerprint density at radius 1 is 0.667 bits per heavy atom. The summed E-state index contributed by atoms with van der Waals surface area (Å²) in [5.74, 6) is 0.252. The van der Waals surface area contributed by atoms with Gasteiger partial charge in [-0.2, -0.15) is 0 Å². The minimum Gasteiger partial charge on any atom is -0.507 e. The number of fused-ring (bicyclic) bond motifs is 2. The van der Waals surface area contributed by atoms with Gasteiger partial charge < -0.3 is 35.0 Å². The van der Waals surface area contributed by atoms with E-state index in [-0.39, 0.29) is 47.0 Å². The van der Waals surface area contributed by atoms with Gasteiger partial charge in [-0.1, -0.05) is 24.3 Å². The lowest BCUT2D eigenvalue weighted by Crippen LogP contribution is -2.49. The predicted molar refractivity (Wildman–Crippen MR) is 226 cm³/mol. The average Bonchev–Trinajstić information content (AvgIpc) is 3.25. The van der Waals surface area contributed by atoms with Crippen LogP contribution in [0.25, 0.3) is 44.6 Å². The van der Waals surface area contributed by atoms with Crippen LogP contribution in [0.1, 0.15) is 16.7 Å². The van der Waals surface area contributed by atoms with Gasteiger partial charge in [0.15, 0.2) is 11.6 Å². The number of benzene rings is 4. The van der Waals surface area contributed by atoms with Gasteiger partial charge in [-0.25, -0.2) is 33.5 Å². The van der Waals surface area contributed by atoms with Gasteiger partial charge in [0.05, 0.1) is 22.2 Å². The normalized spacial score (nSPS) is 14.2. The zero-order valence-electron chi connectivity index (χ0n) is 33.1. The molecule has 0 radical (unpaired) electrons. The van der Waals surface area contributed by atoms with Crippen LogP contribution in [0.15, 0.2) is 97.3 Å². The largest absolute Gasteiger partial charge is 0.507 e. The number of ether oxygens (including phenoxy) is 1. The third kappa shape index (κ3) is 8.57. The third-order valence-corrected chi connectivity index (χ3v) is 10.5. The van der Waals surface area contributed by atoms with E-state index in [0.717, 1.165) is 65.0 Å². The van der Waals surface area contributed by atoms with Crippen molar-refractivity contribution in [1.29, 1.82) is 0 Å². The summed E-state index contributed by atoms with van der Waals surface area (Å²) in [6, 6.07) is 23.8. The van der Waals surface area contributed by atoms with E-state index in [1.54, 1.807) is 29.4 Å². The minimum atomic E-state index is -0.593. The molecule has 306 valence electrons. The summed E-state index contributed by atoms with van der Waals surface area (Å²) < 4.78 is 34.4. The number of aryl methyl sites for hydroxylation is 2. The van der Waals surface area contributed by atoms with E-state index in [2.05, 4.69) is 35.1 Å². The number of carbonyl (C=O) groups excluding carboxylic acids is 1. The summed E-state index contributed by atoms with van der Waals surface area (Å²) >= 11 is 0. The van der Waals surface area contributed by atoms with Crippen molar-refractivity contribution in [3.05, 3.63) is 126 Å². The number of phenols is 2. The number of rotatable bonds is 6. The number of anilines is 2. The second kappa shape index (κ2) is 17.5. The van der Waals surface area contributed by atoms with Crippen LogP contribution >= 0.6 is 0 Å². The molecule has 9 rings (SSSR count). The van der Waals surface area contributed by atoms with E-state index in [0.29, 0.717) is 37.5 Å². The molecule has 2 saturated heterocycles. The Hall–Kier alpha value is -7.00. The molecule has 5 heterocycles. The number of nitrogens with zero attached hydrogens (tertiary/aromatic N) is 8. The highest BCUT2D eigenvalue weighted by atomic mass is 19.1. The van der Waals surface area contributed by atoms with Crippen molar-refractivity contribution in [2.75, 3.05) is 62.2 Å². The monoisotopic (exact) mass is 811 g/mol. The topological polar surface area (TPSA) is 153 Å². The smallest absolute Gasteiger partial charge is 0.410 e. The van der Waals surface area contributed by atoms with Gasteiger partial charge in [-0.05, 0) is 91.2 Å². The van der Waals surface area contributed by atoms with Gasteiger partial charge in [0.1, 0.15) is 41.4 Å². The predicted octanol–water partition coefficient (Wildman–Crippen LogP) is 7.16. The molecule has 3 aromatic heterocycles. The Morgan fingerprint density at radius 3 is 1.67 bits per heavy atom. The number of hydrogen-bond donors (Lipinski definition) is 3. The molecular formula is C45H43F2N9O4. The fraction of sp³-hybridized carbons (Fsp3) is 0.244. The molecule has 1 amide bonds. The average molecular weight is 812 g/mol. The van der Waals surface area contributed by atoms with Crippen molar-refractivity contribution in [1.82, 2.24) is 35.1 Å². The van der Waals surface area contributed by atoms with E-state index < -0.39 is 11.6 Å². The van der Waals surface area contributed by atoms with Crippen molar-refractivity contribution < 1.29 is 28.5 Å². The summed E-state index contributed by atoms with van der Waals surface area (Å²) in [6.07, 6.45) is 2.94. The number of carbonyl (C=O) groups is 1. The maximum absolute atomic E-state index is 14.6. The van der Waals surface area contributed by atoms with Gasteiger partial charge in [0.2, 0.25) is 0 Å². The van der Waals surface area contributed by atoms with E-state index in [9.17, 15) is 23.8 Å². The Morgan fingerprint density at radius 2 is 1.17 bits per heavy atom. The van der Waals surface area contributed by atoms with E-state index in [4.69, 9.17) is 4.74 Å². The van der Waals surface area contributed by atoms with Crippen molar-refractivity contribution in [2.45, 2.75) is 20.5 Å².